The highest BCUT2D eigenvalue weighted by molar-refractivity contribution is 5.90. The van der Waals surface area contributed by atoms with E-state index >= 15 is 0 Å². The summed E-state index contributed by atoms with van der Waals surface area (Å²) in [5.74, 6) is 0.0409. The molecule has 0 aliphatic heterocycles. The standard InChI is InChI=1S/C24H23N3O/c28-24(26-21-13-15-25-16-14-21)12-6-9-20-18-27(17-19-7-2-1-3-8-19)23-11-5-4-10-22(20)23/h1-5,7-8,10-11,13-16,18H,6,9,12,17H2,(H,25,26,28). The molecule has 4 rings (SSSR count). The minimum atomic E-state index is 0.0409. The second kappa shape index (κ2) is 8.53. The number of para-hydroxylation sites is 1. The maximum absolute atomic E-state index is 12.2. The van der Waals surface area contributed by atoms with Gasteiger partial charge in [0.25, 0.3) is 0 Å². The highest BCUT2D eigenvalue weighted by Crippen LogP contribution is 2.24. The third-order valence-corrected chi connectivity index (χ3v) is 4.88. The minimum absolute atomic E-state index is 0.0409. The van der Waals surface area contributed by atoms with Crippen LogP contribution in [0.15, 0.2) is 85.3 Å². The lowest BCUT2D eigenvalue weighted by Crippen LogP contribution is -2.11. The molecular formula is C24H23N3O. The lowest BCUT2D eigenvalue weighted by Gasteiger charge is -2.05. The fourth-order valence-corrected chi connectivity index (χ4v) is 3.53. The molecule has 2 aromatic carbocycles. The van der Waals surface area contributed by atoms with Gasteiger partial charge < -0.3 is 9.88 Å². The Morgan fingerprint density at radius 3 is 2.50 bits per heavy atom. The van der Waals surface area contributed by atoms with Crippen LogP contribution in [0.25, 0.3) is 10.9 Å². The van der Waals surface area contributed by atoms with Crippen LogP contribution < -0.4 is 5.32 Å². The number of nitrogens with one attached hydrogen (secondary N) is 1. The molecule has 0 aliphatic carbocycles. The van der Waals surface area contributed by atoms with Gasteiger partial charge in [0.2, 0.25) is 5.91 Å². The molecule has 140 valence electrons. The normalized spacial score (nSPS) is 10.9. The number of hydrogen-bond acceptors (Lipinski definition) is 2. The van der Waals surface area contributed by atoms with Gasteiger partial charge in [0.05, 0.1) is 0 Å². The number of aromatic nitrogens is 2. The van der Waals surface area contributed by atoms with Crippen LogP contribution >= 0.6 is 0 Å². The lowest BCUT2D eigenvalue weighted by atomic mass is 10.1. The number of fused-ring (bicyclic) bond motifs is 1. The summed E-state index contributed by atoms with van der Waals surface area (Å²) in [7, 11) is 0. The first kappa shape index (κ1) is 18.0. The molecule has 0 spiro atoms. The van der Waals surface area contributed by atoms with E-state index in [9.17, 15) is 4.79 Å². The first-order chi connectivity index (χ1) is 13.8. The molecule has 0 bridgehead atoms. The number of carbonyl (C=O) groups excluding carboxylic acids is 1. The first-order valence-electron chi connectivity index (χ1n) is 9.60. The van der Waals surface area contributed by atoms with Crippen LogP contribution in [0.5, 0.6) is 0 Å². The van der Waals surface area contributed by atoms with Crippen LogP contribution in [0.2, 0.25) is 0 Å². The SMILES string of the molecule is O=C(CCCc1cn(Cc2ccccc2)c2ccccc12)Nc1ccncc1. The molecule has 4 nitrogen and oxygen atoms in total. The van der Waals surface area contributed by atoms with Gasteiger partial charge in [0.15, 0.2) is 0 Å². The third-order valence-electron chi connectivity index (χ3n) is 4.88. The van der Waals surface area contributed by atoms with Crippen molar-refractivity contribution in [1.82, 2.24) is 9.55 Å². The number of pyridine rings is 1. The quantitative estimate of drug-likeness (QED) is 0.496. The summed E-state index contributed by atoms with van der Waals surface area (Å²) in [6.45, 7) is 0.851. The molecule has 0 atom stereocenters. The minimum Gasteiger partial charge on any atom is -0.343 e. The zero-order chi connectivity index (χ0) is 19.2. The Bertz CT molecular complexity index is 1060. The van der Waals surface area contributed by atoms with Crippen molar-refractivity contribution in [3.63, 3.8) is 0 Å². The Morgan fingerprint density at radius 1 is 0.929 bits per heavy atom. The van der Waals surface area contributed by atoms with Gasteiger partial charge in [-0.15, -0.1) is 0 Å². The van der Waals surface area contributed by atoms with E-state index < -0.39 is 0 Å². The van der Waals surface area contributed by atoms with Gasteiger partial charge in [0, 0.05) is 48.1 Å². The molecule has 0 radical (unpaired) electrons. The number of aryl methyl sites for hydroxylation is 1. The molecule has 0 saturated carbocycles. The summed E-state index contributed by atoms with van der Waals surface area (Å²) in [5.41, 5.74) is 4.61. The summed E-state index contributed by atoms with van der Waals surface area (Å²) < 4.78 is 2.30. The first-order valence-corrected chi connectivity index (χ1v) is 9.60. The van der Waals surface area contributed by atoms with E-state index in [2.05, 4.69) is 69.6 Å². The van der Waals surface area contributed by atoms with Crippen molar-refractivity contribution in [2.24, 2.45) is 0 Å². The van der Waals surface area contributed by atoms with Gasteiger partial charge in [0.1, 0.15) is 0 Å². The Kier molecular flexibility index (Phi) is 5.48. The second-order valence-corrected chi connectivity index (χ2v) is 6.92. The van der Waals surface area contributed by atoms with E-state index in [0.717, 1.165) is 25.1 Å². The smallest absolute Gasteiger partial charge is 0.224 e. The maximum atomic E-state index is 12.2. The lowest BCUT2D eigenvalue weighted by molar-refractivity contribution is -0.116. The Hall–Kier alpha value is -3.40. The Balaban J connectivity index is 1.43. The number of carbonyl (C=O) groups is 1. The highest BCUT2D eigenvalue weighted by Gasteiger charge is 2.10. The van der Waals surface area contributed by atoms with Crippen LogP contribution in [-0.2, 0) is 17.8 Å². The summed E-state index contributed by atoms with van der Waals surface area (Å²) in [6.07, 6.45) is 7.79. The van der Waals surface area contributed by atoms with E-state index in [1.807, 2.05) is 6.07 Å². The van der Waals surface area contributed by atoms with Crippen LogP contribution in [0.1, 0.15) is 24.0 Å². The van der Waals surface area contributed by atoms with E-state index in [0.29, 0.717) is 6.42 Å². The van der Waals surface area contributed by atoms with E-state index in [4.69, 9.17) is 0 Å². The largest absolute Gasteiger partial charge is 0.343 e. The van der Waals surface area contributed by atoms with Gasteiger partial charge in [-0.25, -0.2) is 0 Å². The summed E-state index contributed by atoms with van der Waals surface area (Å²) >= 11 is 0. The van der Waals surface area contributed by atoms with Gasteiger partial charge in [-0.2, -0.15) is 0 Å². The number of nitrogens with zero attached hydrogens (tertiary/aromatic N) is 2. The molecule has 1 N–H and O–H groups in total. The zero-order valence-corrected chi connectivity index (χ0v) is 15.7. The van der Waals surface area contributed by atoms with E-state index in [-0.39, 0.29) is 5.91 Å². The number of rotatable bonds is 7. The molecule has 4 heteroatoms. The molecule has 0 aliphatic rings. The van der Waals surface area contributed by atoms with Crippen molar-refractivity contribution in [3.05, 3.63) is 96.4 Å². The fraction of sp³-hybridized carbons (Fsp3) is 0.167. The van der Waals surface area contributed by atoms with Crippen LogP contribution in [0, 0.1) is 0 Å². The maximum Gasteiger partial charge on any atom is 0.224 e. The van der Waals surface area contributed by atoms with Crippen LogP contribution in [-0.4, -0.2) is 15.5 Å². The highest BCUT2D eigenvalue weighted by atomic mass is 16.1. The summed E-state index contributed by atoms with van der Waals surface area (Å²) in [5, 5.41) is 4.19. The third kappa shape index (κ3) is 4.29. The number of benzene rings is 2. The van der Waals surface area contributed by atoms with Crippen molar-refractivity contribution >= 4 is 22.5 Å². The fourth-order valence-electron chi connectivity index (χ4n) is 3.53. The monoisotopic (exact) mass is 369 g/mol. The topological polar surface area (TPSA) is 46.9 Å². The average Bonchev–Trinajstić information content (AvgIpc) is 3.07. The van der Waals surface area contributed by atoms with Crippen molar-refractivity contribution in [2.75, 3.05) is 5.32 Å². The molecule has 0 fully saturated rings. The van der Waals surface area contributed by atoms with Crippen LogP contribution in [0.3, 0.4) is 0 Å². The van der Waals surface area contributed by atoms with Gasteiger partial charge in [-0.05, 0) is 42.2 Å². The number of amides is 1. The molecule has 28 heavy (non-hydrogen) atoms. The van der Waals surface area contributed by atoms with Gasteiger partial charge in [-0.3, -0.25) is 9.78 Å². The van der Waals surface area contributed by atoms with E-state index in [1.165, 1.54) is 22.0 Å². The molecule has 1 amide bonds. The predicted molar refractivity (Wildman–Crippen MR) is 113 cm³/mol. The molecule has 2 aromatic heterocycles. The van der Waals surface area contributed by atoms with Crippen LogP contribution in [0.4, 0.5) is 5.69 Å². The molecule has 0 unspecified atom stereocenters. The zero-order valence-electron chi connectivity index (χ0n) is 15.7. The second-order valence-electron chi connectivity index (χ2n) is 6.92. The summed E-state index contributed by atoms with van der Waals surface area (Å²) in [6, 6.07) is 22.6. The van der Waals surface area contributed by atoms with Gasteiger partial charge in [-0.1, -0.05) is 48.5 Å². The van der Waals surface area contributed by atoms with Gasteiger partial charge >= 0.3 is 0 Å². The molecule has 0 saturated heterocycles. The average molecular weight is 369 g/mol. The molecular weight excluding hydrogens is 346 g/mol. The van der Waals surface area contributed by atoms with Crippen molar-refractivity contribution < 1.29 is 4.79 Å². The Morgan fingerprint density at radius 2 is 1.68 bits per heavy atom. The van der Waals surface area contributed by atoms with Crippen molar-refractivity contribution in [1.29, 1.82) is 0 Å². The Labute approximate surface area is 164 Å². The van der Waals surface area contributed by atoms with E-state index in [1.54, 1.807) is 24.5 Å². The molecule has 2 heterocycles. The van der Waals surface area contributed by atoms with Crippen molar-refractivity contribution in [2.45, 2.75) is 25.8 Å². The number of hydrogen-bond donors (Lipinski definition) is 1. The van der Waals surface area contributed by atoms with Crippen molar-refractivity contribution in [3.8, 4) is 0 Å². The summed E-state index contributed by atoms with van der Waals surface area (Å²) in [4.78, 5) is 16.1. The predicted octanol–water partition coefficient (Wildman–Crippen LogP) is 5.05. The molecule has 4 aromatic rings. The number of anilines is 1.